The molecule has 0 spiro atoms. The molecule has 0 fully saturated rings. The summed E-state index contributed by atoms with van der Waals surface area (Å²) in [5.41, 5.74) is 6.47. The van der Waals surface area contributed by atoms with Gasteiger partial charge in [-0.2, -0.15) is 0 Å². The summed E-state index contributed by atoms with van der Waals surface area (Å²) in [5.74, 6) is 14.8. The summed E-state index contributed by atoms with van der Waals surface area (Å²) in [4.78, 5) is 0. The number of benzene rings is 1. The van der Waals surface area contributed by atoms with Crippen LogP contribution in [0.4, 0.5) is 0 Å². The van der Waals surface area contributed by atoms with Crippen LogP contribution in [0, 0.1) is 35.1 Å². The molecule has 0 unspecified atom stereocenters. The van der Waals surface area contributed by atoms with Gasteiger partial charge in [-0.3, -0.25) is 0 Å². The molecule has 0 atom stereocenters. The zero-order valence-electron chi connectivity index (χ0n) is 14.6. The topological polar surface area (TPSA) is 0 Å². The van der Waals surface area contributed by atoms with E-state index in [4.69, 9.17) is 0 Å². The highest BCUT2D eigenvalue weighted by molar-refractivity contribution is 6.90. The second kappa shape index (κ2) is 8.53. The predicted molar refractivity (Wildman–Crippen MR) is 99.9 cm³/mol. The van der Waals surface area contributed by atoms with E-state index in [0.717, 1.165) is 5.56 Å². The third-order valence-corrected chi connectivity index (χ3v) is 10.6. The van der Waals surface area contributed by atoms with Crippen LogP contribution in [0.3, 0.4) is 0 Å². The monoisotopic (exact) mass is 306 g/mol. The molecule has 0 aliphatic carbocycles. The minimum atomic E-state index is -1.66. The van der Waals surface area contributed by atoms with Crippen LogP contribution in [0.25, 0.3) is 0 Å². The molecule has 0 aromatic heterocycles. The lowest BCUT2D eigenvalue weighted by atomic mass is 10.2. The summed E-state index contributed by atoms with van der Waals surface area (Å²) in [6.07, 6.45) is 0. The average molecular weight is 307 g/mol. The highest BCUT2D eigenvalue weighted by Crippen LogP contribution is 2.40. The first kappa shape index (κ1) is 18.2. The van der Waals surface area contributed by atoms with Gasteiger partial charge in [0.05, 0.1) is 0 Å². The van der Waals surface area contributed by atoms with Crippen molar-refractivity contribution >= 4 is 8.07 Å². The molecule has 1 rings (SSSR count). The molecule has 0 radical (unpaired) electrons. The van der Waals surface area contributed by atoms with E-state index >= 15 is 0 Å². The molecule has 0 N–H and O–H groups in total. The second-order valence-electron chi connectivity index (χ2n) is 6.51. The van der Waals surface area contributed by atoms with Gasteiger partial charge >= 0.3 is 0 Å². The molecule has 0 aliphatic heterocycles. The quantitative estimate of drug-likeness (QED) is 0.527. The van der Waals surface area contributed by atoms with E-state index in [9.17, 15) is 0 Å². The van der Waals surface area contributed by atoms with Gasteiger partial charge in [-0.1, -0.05) is 65.7 Å². The van der Waals surface area contributed by atoms with Gasteiger partial charge in [0.2, 0.25) is 0 Å². The summed E-state index contributed by atoms with van der Waals surface area (Å²) in [5, 5.41) is 0. The van der Waals surface area contributed by atoms with E-state index in [0.29, 0.717) is 16.6 Å². The summed E-state index contributed by atoms with van der Waals surface area (Å²) in [6, 6.07) is 9.90. The normalized spacial score (nSPS) is 10.4. The maximum Gasteiger partial charge on any atom is 0.147 e. The van der Waals surface area contributed by atoms with Gasteiger partial charge in [0.25, 0.3) is 0 Å². The largest absolute Gasteiger partial charge is 0.147 e. The van der Waals surface area contributed by atoms with Gasteiger partial charge in [-0.15, -0.1) is 5.54 Å². The van der Waals surface area contributed by atoms with E-state index < -0.39 is 8.07 Å². The van der Waals surface area contributed by atoms with Gasteiger partial charge in [-0.05, 0) is 52.4 Å². The Morgan fingerprint density at radius 2 is 1.18 bits per heavy atom. The Morgan fingerprint density at radius 3 is 1.68 bits per heavy atom. The van der Waals surface area contributed by atoms with Crippen molar-refractivity contribution in [3.05, 3.63) is 35.9 Å². The molecule has 0 heterocycles. The maximum absolute atomic E-state index is 3.58. The van der Waals surface area contributed by atoms with E-state index in [1.165, 1.54) is 0 Å². The highest BCUT2D eigenvalue weighted by Gasteiger charge is 2.41. The minimum Gasteiger partial charge on any atom is -0.116 e. The van der Waals surface area contributed by atoms with Crippen LogP contribution >= 0.6 is 0 Å². The zero-order chi connectivity index (χ0) is 16.6. The van der Waals surface area contributed by atoms with Crippen LogP contribution in [0.2, 0.25) is 16.6 Å². The Bertz CT molecular complexity index is 625. The van der Waals surface area contributed by atoms with Gasteiger partial charge in [-0.25, -0.2) is 0 Å². The van der Waals surface area contributed by atoms with Crippen molar-refractivity contribution in [1.29, 1.82) is 0 Å². The maximum atomic E-state index is 3.58. The Balaban J connectivity index is 2.94. The molecule has 0 saturated carbocycles. The van der Waals surface area contributed by atoms with Gasteiger partial charge in [0.15, 0.2) is 0 Å². The molecular formula is C21H26Si. The molecule has 0 amide bonds. The summed E-state index contributed by atoms with van der Waals surface area (Å²) < 4.78 is 0. The molecule has 1 aromatic carbocycles. The Morgan fingerprint density at radius 1 is 0.682 bits per heavy atom. The van der Waals surface area contributed by atoms with Crippen molar-refractivity contribution in [2.45, 2.75) is 58.2 Å². The first-order valence-corrected chi connectivity index (χ1v) is 10.2. The second-order valence-corrected chi connectivity index (χ2v) is 12.1. The van der Waals surface area contributed by atoms with Crippen molar-refractivity contribution in [2.24, 2.45) is 0 Å². The summed E-state index contributed by atoms with van der Waals surface area (Å²) in [6.45, 7) is 13.9. The van der Waals surface area contributed by atoms with Crippen molar-refractivity contribution in [2.75, 3.05) is 0 Å². The smallest absolute Gasteiger partial charge is 0.116 e. The Hall–Kier alpha value is -1.88. The van der Waals surface area contributed by atoms with Crippen LogP contribution in [-0.4, -0.2) is 8.07 Å². The van der Waals surface area contributed by atoms with Crippen LogP contribution in [0.1, 0.15) is 47.1 Å². The minimum absolute atomic E-state index is 0.636. The fourth-order valence-electron chi connectivity index (χ4n) is 3.26. The molecule has 114 valence electrons. The van der Waals surface area contributed by atoms with Crippen LogP contribution in [0.5, 0.6) is 0 Å². The number of rotatable bonds is 3. The molecule has 0 saturated heterocycles. The summed E-state index contributed by atoms with van der Waals surface area (Å²) in [7, 11) is -1.66. The Labute approximate surface area is 137 Å². The van der Waals surface area contributed by atoms with E-state index in [1.807, 2.05) is 30.3 Å². The number of hydrogen-bond acceptors (Lipinski definition) is 0. The first-order chi connectivity index (χ1) is 10.4. The van der Waals surface area contributed by atoms with E-state index in [-0.39, 0.29) is 0 Å². The fourth-order valence-corrected chi connectivity index (χ4v) is 8.40. The van der Waals surface area contributed by atoms with Crippen LogP contribution in [-0.2, 0) is 0 Å². The van der Waals surface area contributed by atoms with E-state index in [1.54, 1.807) is 0 Å². The lowest BCUT2D eigenvalue weighted by molar-refractivity contribution is 0.838. The van der Waals surface area contributed by atoms with Crippen LogP contribution in [0.15, 0.2) is 30.3 Å². The molecular weight excluding hydrogens is 280 g/mol. The van der Waals surface area contributed by atoms with Gasteiger partial charge < -0.3 is 0 Å². The molecule has 0 bridgehead atoms. The zero-order valence-corrected chi connectivity index (χ0v) is 15.6. The van der Waals surface area contributed by atoms with Crippen LogP contribution < -0.4 is 0 Å². The average Bonchev–Trinajstić information content (AvgIpc) is 2.46. The molecule has 1 aromatic rings. The highest BCUT2D eigenvalue weighted by atomic mass is 28.3. The lowest BCUT2D eigenvalue weighted by Gasteiger charge is -2.37. The predicted octanol–water partition coefficient (Wildman–Crippen LogP) is 5.26. The molecule has 0 nitrogen and oxygen atoms in total. The summed E-state index contributed by atoms with van der Waals surface area (Å²) >= 11 is 0. The molecule has 0 aliphatic rings. The number of hydrogen-bond donors (Lipinski definition) is 0. The fraction of sp³-hybridized carbons (Fsp3) is 0.429. The third-order valence-electron chi connectivity index (χ3n) is 4.31. The van der Waals surface area contributed by atoms with Gasteiger partial charge in [0.1, 0.15) is 8.07 Å². The molecule has 22 heavy (non-hydrogen) atoms. The van der Waals surface area contributed by atoms with Crippen molar-refractivity contribution in [3.63, 3.8) is 0 Å². The third kappa shape index (κ3) is 4.56. The van der Waals surface area contributed by atoms with E-state index in [2.05, 4.69) is 76.7 Å². The standard InChI is InChI=1S/C21H26Si/c1-18(2)22(19(3)4,20(5)6)17-13-8-7-10-14-21-15-11-9-12-16-21/h9,11-12,15-16,18-20H,1-6H3. The lowest BCUT2D eigenvalue weighted by Crippen LogP contribution is -2.43. The van der Waals surface area contributed by atoms with Gasteiger partial charge in [0, 0.05) is 5.56 Å². The Kier molecular flexibility index (Phi) is 7.05. The SMILES string of the molecule is CC(C)[Si](C#CC#CC#Cc1ccccc1)(C(C)C)C(C)C. The van der Waals surface area contributed by atoms with Crippen molar-refractivity contribution in [1.82, 2.24) is 0 Å². The van der Waals surface area contributed by atoms with Crippen molar-refractivity contribution < 1.29 is 0 Å². The van der Waals surface area contributed by atoms with Crippen molar-refractivity contribution in [3.8, 4) is 35.1 Å². The first-order valence-electron chi connectivity index (χ1n) is 7.99. The molecule has 1 heteroatoms.